The molecule has 1 amide bonds. The van der Waals surface area contributed by atoms with Gasteiger partial charge in [0.15, 0.2) is 0 Å². The van der Waals surface area contributed by atoms with Crippen molar-refractivity contribution in [3.05, 3.63) is 36.0 Å². The summed E-state index contributed by atoms with van der Waals surface area (Å²) in [5.74, 6) is -0.255. The van der Waals surface area contributed by atoms with E-state index in [9.17, 15) is 4.79 Å². The van der Waals surface area contributed by atoms with Crippen molar-refractivity contribution in [2.75, 3.05) is 32.1 Å². The minimum absolute atomic E-state index is 0.00659. The molecule has 0 saturated carbocycles. The fourth-order valence-corrected chi connectivity index (χ4v) is 1.95. The van der Waals surface area contributed by atoms with Crippen molar-refractivity contribution in [1.82, 2.24) is 10.3 Å². The summed E-state index contributed by atoms with van der Waals surface area (Å²) < 4.78 is 5.11. The van der Waals surface area contributed by atoms with Crippen LogP contribution >= 0.6 is 0 Å². The normalized spacial score (nSPS) is 10.7. The molecule has 1 aromatic heterocycles. The highest BCUT2D eigenvalue weighted by Gasteiger charge is 2.09. The maximum atomic E-state index is 12.0. The Morgan fingerprint density at radius 2 is 2.14 bits per heavy atom. The second-order valence-electron chi connectivity index (χ2n) is 4.56. The molecule has 112 valence electrons. The summed E-state index contributed by atoms with van der Waals surface area (Å²) in [4.78, 5) is 16.3. The highest BCUT2D eigenvalue weighted by atomic mass is 16.5. The number of anilines is 1. The smallest absolute Gasteiger partial charge is 0.269 e. The molecule has 0 aliphatic carbocycles. The Labute approximate surface area is 122 Å². The number of para-hydroxylation sites is 1. The van der Waals surface area contributed by atoms with E-state index in [4.69, 9.17) is 15.6 Å². The number of aliphatic hydroxyl groups is 1. The number of carbonyl (C=O) groups is 1. The van der Waals surface area contributed by atoms with E-state index in [0.29, 0.717) is 43.1 Å². The first kappa shape index (κ1) is 15.2. The number of hydrogen-bond acceptors (Lipinski definition) is 5. The highest BCUT2D eigenvalue weighted by Crippen LogP contribution is 2.19. The average molecular weight is 289 g/mol. The summed E-state index contributed by atoms with van der Waals surface area (Å²) in [7, 11) is 0. The molecular weight excluding hydrogens is 270 g/mol. The van der Waals surface area contributed by atoms with E-state index in [0.717, 1.165) is 5.39 Å². The van der Waals surface area contributed by atoms with Crippen LogP contribution in [0.15, 0.2) is 30.3 Å². The highest BCUT2D eigenvalue weighted by molar-refractivity contribution is 5.99. The van der Waals surface area contributed by atoms with E-state index >= 15 is 0 Å². The van der Waals surface area contributed by atoms with Crippen molar-refractivity contribution in [3.63, 3.8) is 0 Å². The maximum absolute atomic E-state index is 12.0. The van der Waals surface area contributed by atoms with E-state index in [-0.39, 0.29) is 12.5 Å². The number of hydrogen-bond donors (Lipinski definition) is 3. The molecule has 1 aromatic carbocycles. The first-order valence-electron chi connectivity index (χ1n) is 6.84. The van der Waals surface area contributed by atoms with Crippen LogP contribution in [0.4, 0.5) is 5.69 Å². The lowest BCUT2D eigenvalue weighted by Gasteiger charge is -2.07. The third-order valence-electron chi connectivity index (χ3n) is 2.97. The van der Waals surface area contributed by atoms with Crippen LogP contribution in [0.25, 0.3) is 10.9 Å². The number of nitrogen functional groups attached to an aromatic ring is 1. The topological polar surface area (TPSA) is 97.5 Å². The van der Waals surface area contributed by atoms with E-state index in [1.807, 2.05) is 24.3 Å². The largest absolute Gasteiger partial charge is 0.398 e. The Bertz CT molecular complexity index is 616. The molecule has 0 radical (unpaired) electrons. The molecule has 0 bridgehead atoms. The van der Waals surface area contributed by atoms with E-state index in [1.165, 1.54) is 0 Å². The zero-order valence-electron chi connectivity index (χ0n) is 11.7. The molecule has 21 heavy (non-hydrogen) atoms. The van der Waals surface area contributed by atoms with Crippen molar-refractivity contribution in [2.24, 2.45) is 0 Å². The van der Waals surface area contributed by atoms with Crippen LogP contribution in [0.3, 0.4) is 0 Å². The van der Waals surface area contributed by atoms with Gasteiger partial charge in [-0.1, -0.05) is 18.2 Å². The van der Waals surface area contributed by atoms with Gasteiger partial charge in [-0.05, 0) is 18.6 Å². The number of ether oxygens (including phenoxy) is 1. The minimum atomic E-state index is -0.255. The minimum Gasteiger partial charge on any atom is -0.398 e. The van der Waals surface area contributed by atoms with Gasteiger partial charge >= 0.3 is 0 Å². The Balaban J connectivity index is 1.93. The molecule has 4 N–H and O–H groups in total. The third-order valence-corrected chi connectivity index (χ3v) is 2.97. The van der Waals surface area contributed by atoms with Gasteiger partial charge < -0.3 is 20.9 Å². The van der Waals surface area contributed by atoms with Gasteiger partial charge in [-0.2, -0.15) is 0 Å². The second kappa shape index (κ2) is 7.56. The van der Waals surface area contributed by atoms with Gasteiger partial charge in [0.2, 0.25) is 0 Å². The van der Waals surface area contributed by atoms with Crippen LogP contribution in [-0.2, 0) is 4.74 Å². The number of nitrogens with two attached hydrogens (primary N) is 1. The lowest BCUT2D eigenvalue weighted by atomic mass is 10.1. The predicted octanol–water partition coefficient (Wildman–Crippen LogP) is 0.946. The predicted molar refractivity (Wildman–Crippen MR) is 81.0 cm³/mol. The van der Waals surface area contributed by atoms with Crippen LogP contribution < -0.4 is 11.1 Å². The molecule has 0 aliphatic rings. The van der Waals surface area contributed by atoms with E-state index in [2.05, 4.69) is 10.3 Å². The number of carbonyl (C=O) groups excluding carboxylic acids is 1. The number of nitrogens with one attached hydrogen (secondary N) is 1. The summed E-state index contributed by atoms with van der Waals surface area (Å²) in [5.41, 5.74) is 7.49. The number of aromatic nitrogens is 1. The quantitative estimate of drug-likeness (QED) is 0.659. The number of pyridine rings is 1. The van der Waals surface area contributed by atoms with Gasteiger partial charge in [-0.3, -0.25) is 4.79 Å². The zero-order chi connectivity index (χ0) is 15.1. The van der Waals surface area contributed by atoms with Gasteiger partial charge in [0.25, 0.3) is 5.91 Å². The molecule has 2 aromatic rings. The third kappa shape index (κ3) is 4.14. The van der Waals surface area contributed by atoms with Gasteiger partial charge in [0.1, 0.15) is 5.69 Å². The Morgan fingerprint density at radius 1 is 1.33 bits per heavy atom. The fraction of sp³-hybridized carbons (Fsp3) is 0.333. The van der Waals surface area contributed by atoms with Gasteiger partial charge in [0.05, 0.1) is 18.7 Å². The lowest BCUT2D eigenvalue weighted by molar-refractivity contribution is 0.0866. The molecule has 0 aliphatic heterocycles. The molecule has 0 saturated heterocycles. The van der Waals surface area contributed by atoms with E-state index in [1.54, 1.807) is 6.07 Å². The Hall–Kier alpha value is -2.18. The van der Waals surface area contributed by atoms with Crippen molar-refractivity contribution >= 4 is 22.5 Å². The summed E-state index contributed by atoms with van der Waals surface area (Å²) in [6.45, 7) is 1.30. The van der Waals surface area contributed by atoms with E-state index < -0.39 is 0 Å². The summed E-state index contributed by atoms with van der Waals surface area (Å²) in [5, 5.41) is 12.2. The Morgan fingerprint density at radius 3 is 2.95 bits per heavy atom. The first-order chi connectivity index (χ1) is 10.2. The average Bonchev–Trinajstić information content (AvgIpc) is 2.50. The van der Waals surface area contributed by atoms with Gasteiger partial charge in [0, 0.05) is 24.2 Å². The number of aliphatic hydroxyl groups excluding tert-OH is 1. The molecule has 0 unspecified atom stereocenters. The zero-order valence-corrected chi connectivity index (χ0v) is 11.7. The molecule has 6 nitrogen and oxygen atoms in total. The van der Waals surface area contributed by atoms with Crippen LogP contribution in [0.2, 0.25) is 0 Å². The monoisotopic (exact) mass is 289 g/mol. The van der Waals surface area contributed by atoms with Crippen LogP contribution in [-0.4, -0.2) is 42.4 Å². The van der Waals surface area contributed by atoms with Crippen molar-refractivity contribution in [1.29, 1.82) is 0 Å². The Kier molecular flexibility index (Phi) is 5.48. The lowest BCUT2D eigenvalue weighted by Crippen LogP contribution is -2.26. The maximum Gasteiger partial charge on any atom is 0.269 e. The number of nitrogens with zero attached hydrogens (tertiary/aromatic N) is 1. The molecule has 6 heteroatoms. The number of benzene rings is 1. The number of rotatable bonds is 7. The van der Waals surface area contributed by atoms with Crippen molar-refractivity contribution < 1.29 is 14.6 Å². The summed E-state index contributed by atoms with van der Waals surface area (Å²) in [6, 6.07) is 9.02. The van der Waals surface area contributed by atoms with Crippen molar-refractivity contribution in [2.45, 2.75) is 6.42 Å². The number of fused-ring (bicyclic) bond motifs is 1. The molecule has 0 atom stereocenters. The summed E-state index contributed by atoms with van der Waals surface area (Å²) >= 11 is 0. The molecular formula is C15H19N3O3. The summed E-state index contributed by atoms with van der Waals surface area (Å²) in [6.07, 6.45) is 0.675. The molecule has 2 rings (SSSR count). The first-order valence-corrected chi connectivity index (χ1v) is 6.84. The van der Waals surface area contributed by atoms with Crippen LogP contribution in [0.5, 0.6) is 0 Å². The molecule has 0 spiro atoms. The molecule has 0 fully saturated rings. The van der Waals surface area contributed by atoms with Gasteiger partial charge in [-0.15, -0.1) is 0 Å². The second-order valence-corrected chi connectivity index (χ2v) is 4.56. The number of amides is 1. The van der Waals surface area contributed by atoms with Gasteiger partial charge in [-0.25, -0.2) is 4.98 Å². The SMILES string of the molecule is Nc1cc(C(=O)NCCCOCCO)nc2ccccc12. The van der Waals surface area contributed by atoms with Crippen LogP contribution in [0, 0.1) is 0 Å². The van der Waals surface area contributed by atoms with Crippen molar-refractivity contribution in [3.8, 4) is 0 Å². The van der Waals surface area contributed by atoms with Crippen LogP contribution in [0.1, 0.15) is 16.9 Å². The molecule has 1 heterocycles. The standard InChI is InChI=1S/C15H19N3O3/c16-12-10-14(18-13-5-2-1-4-11(12)13)15(20)17-6-3-8-21-9-7-19/h1-2,4-5,10,19H,3,6-9H2,(H2,16,18)(H,17,20). The fourth-order valence-electron chi connectivity index (χ4n) is 1.95.